The van der Waals surface area contributed by atoms with Crippen LogP contribution in [0.15, 0.2) is 42.5 Å². The first-order valence-corrected chi connectivity index (χ1v) is 7.33. The van der Waals surface area contributed by atoms with Crippen molar-refractivity contribution in [3.63, 3.8) is 0 Å². The molecule has 2 aromatic rings. The van der Waals surface area contributed by atoms with Crippen LogP contribution in [0, 0.1) is 0 Å². The van der Waals surface area contributed by atoms with Gasteiger partial charge in [0.05, 0.1) is 0 Å². The molecule has 3 rings (SSSR count). The maximum atomic E-state index is 11.9. The fraction of sp³-hybridized carbons (Fsp3) is 0.222. The van der Waals surface area contributed by atoms with Gasteiger partial charge in [-0.25, -0.2) is 0 Å². The molecule has 1 aliphatic heterocycles. The average molecular weight is 295 g/mol. The molecule has 0 saturated carbocycles. The molecule has 22 heavy (non-hydrogen) atoms. The van der Waals surface area contributed by atoms with Crippen LogP contribution in [0.25, 0.3) is 11.1 Å². The summed E-state index contributed by atoms with van der Waals surface area (Å²) < 4.78 is 5.49. The fourth-order valence-electron chi connectivity index (χ4n) is 2.54. The van der Waals surface area contributed by atoms with Gasteiger partial charge >= 0.3 is 0 Å². The van der Waals surface area contributed by atoms with Crippen LogP contribution in [-0.2, 0) is 11.2 Å². The molecule has 1 heterocycles. The third-order valence-corrected chi connectivity index (χ3v) is 3.64. The maximum absolute atomic E-state index is 11.9. The Morgan fingerprint density at radius 1 is 1.18 bits per heavy atom. The van der Waals surface area contributed by atoms with Crippen molar-refractivity contribution in [1.82, 2.24) is 5.32 Å². The zero-order valence-corrected chi connectivity index (χ0v) is 12.4. The van der Waals surface area contributed by atoms with E-state index in [4.69, 9.17) is 4.74 Å². The molecule has 0 bridgehead atoms. The molecule has 0 spiro atoms. The molecule has 112 valence electrons. The van der Waals surface area contributed by atoms with Crippen molar-refractivity contribution in [2.75, 3.05) is 13.2 Å². The summed E-state index contributed by atoms with van der Waals surface area (Å²) in [6.45, 7) is 2.63. The maximum Gasteiger partial charge on any atom is 0.251 e. The van der Waals surface area contributed by atoms with Crippen molar-refractivity contribution < 1.29 is 14.3 Å². The second-order valence-electron chi connectivity index (χ2n) is 5.27. The lowest BCUT2D eigenvalue weighted by molar-refractivity contribution is -0.121. The molecule has 1 N–H and O–H groups in total. The van der Waals surface area contributed by atoms with E-state index in [1.807, 2.05) is 43.3 Å². The predicted octanol–water partition coefficient (Wildman–Crippen LogP) is 2.61. The van der Waals surface area contributed by atoms with Gasteiger partial charge in [-0.2, -0.15) is 0 Å². The Morgan fingerprint density at radius 3 is 2.82 bits per heavy atom. The average Bonchev–Trinajstić information content (AvgIpc) is 2.54. The number of carbonyl (C=O) groups is 2. The van der Waals surface area contributed by atoms with E-state index in [0.717, 1.165) is 22.4 Å². The Bertz CT molecular complexity index is 737. The second-order valence-corrected chi connectivity index (χ2v) is 5.27. The first-order chi connectivity index (χ1) is 10.7. The van der Waals surface area contributed by atoms with E-state index in [9.17, 15) is 9.59 Å². The summed E-state index contributed by atoms with van der Waals surface area (Å²) in [5.41, 5.74) is 3.47. The zero-order valence-electron chi connectivity index (χ0n) is 12.4. The highest BCUT2D eigenvalue weighted by molar-refractivity contribution is 5.95. The summed E-state index contributed by atoms with van der Waals surface area (Å²) in [7, 11) is 0. The number of amides is 1. The van der Waals surface area contributed by atoms with Gasteiger partial charge in [0, 0.05) is 24.1 Å². The van der Waals surface area contributed by atoms with Gasteiger partial charge in [-0.3, -0.25) is 9.59 Å². The number of hydrogen-bond acceptors (Lipinski definition) is 3. The van der Waals surface area contributed by atoms with Crippen LogP contribution >= 0.6 is 0 Å². The van der Waals surface area contributed by atoms with E-state index in [1.165, 1.54) is 0 Å². The van der Waals surface area contributed by atoms with Gasteiger partial charge in [0.25, 0.3) is 5.91 Å². The fourth-order valence-corrected chi connectivity index (χ4v) is 2.54. The van der Waals surface area contributed by atoms with E-state index < -0.39 is 0 Å². The molecule has 0 radical (unpaired) electrons. The summed E-state index contributed by atoms with van der Waals surface area (Å²) in [5.74, 6) is 0.767. The Labute approximate surface area is 129 Å². The van der Waals surface area contributed by atoms with Gasteiger partial charge in [-0.15, -0.1) is 0 Å². The predicted molar refractivity (Wildman–Crippen MR) is 84.1 cm³/mol. The number of benzene rings is 2. The molecule has 0 fully saturated rings. The van der Waals surface area contributed by atoms with Crippen LogP contribution in [-0.4, -0.2) is 24.8 Å². The van der Waals surface area contributed by atoms with Crippen LogP contribution < -0.4 is 10.1 Å². The van der Waals surface area contributed by atoms with Crippen LogP contribution in [0.4, 0.5) is 0 Å². The minimum atomic E-state index is -0.0795. The lowest BCUT2D eigenvalue weighted by Gasteiger charge is -2.17. The van der Waals surface area contributed by atoms with Crippen LogP contribution in [0.2, 0.25) is 0 Å². The summed E-state index contributed by atoms with van der Waals surface area (Å²) in [6, 6.07) is 13.3. The SMILES string of the molecule is CCNC(=O)c1cccc(-c2ccc3c(c2)OCC(=O)C3)c1. The van der Waals surface area contributed by atoms with Gasteiger partial charge < -0.3 is 10.1 Å². The highest BCUT2D eigenvalue weighted by Gasteiger charge is 2.17. The minimum absolute atomic E-state index is 0.0795. The molecule has 0 unspecified atom stereocenters. The van der Waals surface area contributed by atoms with Gasteiger partial charge in [0.2, 0.25) is 0 Å². The normalized spacial score (nSPS) is 13.2. The van der Waals surface area contributed by atoms with E-state index in [-0.39, 0.29) is 18.3 Å². The number of ether oxygens (including phenoxy) is 1. The third kappa shape index (κ3) is 2.86. The summed E-state index contributed by atoms with van der Waals surface area (Å²) in [4.78, 5) is 23.3. The molecule has 4 nitrogen and oxygen atoms in total. The van der Waals surface area contributed by atoms with E-state index in [1.54, 1.807) is 6.07 Å². The number of nitrogens with one attached hydrogen (secondary N) is 1. The number of hydrogen-bond donors (Lipinski definition) is 1. The Hall–Kier alpha value is -2.62. The Kier molecular flexibility index (Phi) is 3.92. The highest BCUT2D eigenvalue weighted by Crippen LogP contribution is 2.30. The second kappa shape index (κ2) is 6.02. The quantitative estimate of drug-likeness (QED) is 0.947. The van der Waals surface area contributed by atoms with Crippen molar-refractivity contribution in [3.8, 4) is 16.9 Å². The molecule has 1 amide bonds. The lowest BCUT2D eigenvalue weighted by Crippen LogP contribution is -2.22. The standard InChI is InChI=1S/C18H17NO3/c1-2-19-18(21)15-5-3-4-12(8-15)13-6-7-14-9-16(20)11-22-17(14)10-13/h3-8,10H,2,9,11H2,1H3,(H,19,21). The Morgan fingerprint density at radius 2 is 2.00 bits per heavy atom. The van der Waals surface area contributed by atoms with Crippen molar-refractivity contribution in [2.45, 2.75) is 13.3 Å². The summed E-state index contributed by atoms with van der Waals surface area (Å²) in [6.07, 6.45) is 0.425. The van der Waals surface area contributed by atoms with Crippen LogP contribution in [0.5, 0.6) is 5.75 Å². The zero-order chi connectivity index (χ0) is 15.5. The Balaban J connectivity index is 1.93. The topological polar surface area (TPSA) is 55.4 Å². The molecular formula is C18H17NO3. The first kappa shape index (κ1) is 14.3. The van der Waals surface area contributed by atoms with Gasteiger partial charge in [0.15, 0.2) is 5.78 Å². The number of rotatable bonds is 3. The molecular weight excluding hydrogens is 278 g/mol. The smallest absolute Gasteiger partial charge is 0.251 e. The molecule has 2 aromatic carbocycles. The number of ketones is 1. The third-order valence-electron chi connectivity index (χ3n) is 3.64. The number of Topliss-reactive ketones (excluding diaryl/α,β-unsaturated/α-hetero) is 1. The van der Waals surface area contributed by atoms with Crippen molar-refractivity contribution in [2.24, 2.45) is 0 Å². The minimum Gasteiger partial charge on any atom is -0.486 e. The molecule has 0 aromatic heterocycles. The number of carbonyl (C=O) groups excluding carboxylic acids is 2. The van der Waals surface area contributed by atoms with E-state index in [0.29, 0.717) is 18.5 Å². The molecule has 0 saturated heterocycles. The molecule has 0 atom stereocenters. The van der Waals surface area contributed by atoms with E-state index >= 15 is 0 Å². The molecule has 4 heteroatoms. The van der Waals surface area contributed by atoms with Gasteiger partial charge in [-0.05, 0) is 36.2 Å². The van der Waals surface area contributed by atoms with E-state index in [2.05, 4.69) is 5.32 Å². The summed E-state index contributed by atoms with van der Waals surface area (Å²) >= 11 is 0. The van der Waals surface area contributed by atoms with Crippen LogP contribution in [0.3, 0.4) is 0 Å². The highest BCUT2D eigenvalue weighted by atomic mass is 16.5. The van der Waals surface area contributed by atoms with Gasteiger partial charge in [0.1, 0.15) is 12.4 Å². The first-order valence-electron chi connectivity index (χ1n) is 7.33. The lowest BCUT2D eigenvalue weighted by atomic mass is 9.98. The monoisotopic (exact) mass is 295 g/mol. The van der Waals surface area contributed by atoms with Crippen molar-refractivity contribution in [3.05, 3.63) is 53.6 Å². The van der Waals surface area contributed by atoms with Crippen molar-refractivity contribution in [1.29, 1.82) is 0 Å². The van der Waals surface area contributed by atoms with Crippen molar-refractivity contribution >= 4 is 11.7 Å². The molecule has 1 aliphatic rings. The van der Waals surface area contributed by atoms with Crippen LogP contribution in [0.1, 0.15) is 22.8 Å². The van der Waals surface area contributed by atoms with Gasteiger partial charge in [-0.1, -0.05) is 24.3 Å². The molecule has 0 aliphatic carbocycles. The summed E-state index contributed by atoms with van der Waals surface area (Å²) in [5, 5.41) is 2.79. The largest absolute Gasteiger partial charge is 0.486 e. The number of fused-ring (bicyclic) bond motifs is 1.